The lowest BCUT2D eigenvalue weighted by atomic mass is 9.79. The highest BCUT2D eigenvalue weighted by Gasteiger charge is 2.26. The van der Waals surface area contributed by atoms with Crippen LogP contribution in [0.15, 0.2) is 66.7 Å². The van der Waals surface area contributed by atoms with E-state index in [9.17, 15) is 0 Å². The van der Waals surface area contributed by atoms with E-state index in [2.05, 4.69) is 45.9 Å². The van der Waals surface area contributed by atoms with Gasteiger partial charge < -0.3 is 14.2 Å². The molecule has 0 heterocycles. The van der Waals surface area contributed by atoms with E-state index in [-0.39, 0.29) is 5.41 Å². The van der Waals surface area contributed by atoms with Gasteiger partial charge in [-0.1, -0.05) is 56.3 Å². The fourth-order valence-corrected chi connectivity index (χ4v) is 3.78. The molecule has 0 aliphatic heterocycles. The van der Waals surface area contributed by atoms with Gasteiger partial charge in [-0.15, -0.1) is 0 Å². The van der Waals surface area contributed by atoms with Crippen LogP contribution in [0.25, 0.3) is 0 Å². The second-order valence-corrected chi connectivity index (χ2v) is 8.34. The van der Waals surface area contributed by atoms with Crippen molar-refractivity contribution in [3.05, 3.63) is 89.0 Å². The van der Waals surface area contributed by atoms with Crippen LogP contribution < -0.4 is 9.47 Å². The van der Waals surface area contributed by atoms with E-state index in [0.717, 1.165) is 29.2 Å². The molecule has 164 valence electrons. The monoisotopic (exact) mass is 418 g/mol. The molecule has 0 aliphatic carbocycles. The van der Waals surface area contributed by atoms with E-state index in [4.69, 9.17) is 14.2 Å². The summed E-state index contributed by atoms with van der Waals surface area (Å²) in [6, 6.07) is 22.4. The molecule has 0 amide bonds. The normalized spacial score (nSPS) is 12.9. The maximum Gasteiger partial charge on any atom is 0.127 e. The van der Waals surface area contributed by atoms with Crippen LogP contribution in [0.1, 0.15) is 49.4 Å². The van der Waals surface area contributed by atoms with Crippen molar-refractivity contribution >= 4 is 0 Å². The Morgan fingerprint density at radius 2 is 1.48 bits per heavy atom. The smallest absolute Gasteiger partial charge is 0.127 e. The summed E-state index contributed by atoms with van der Waals surface area (Å²) in [6.45, 7) is 12.7. The van der Waals surface area contributed by atoms with Crippen molar-refractivity contribution in [1.82, 2.24) is 0 Å². The molecule has 3 rings (SSSR count). The molecule has 31 heavy (non-hydrogen) atoms. The van der Waals surface area contributed by atoms with E-state index in [1.54, 1.807) is 0 Å². The van der Waals surface area contributed by atoms with Gasteiger partial charge in [0, 0.05) is 5.41 Å². The van der Waals surface area contributed by atoms with Crippen LogP contribution in [0, 0.1) is 13.8 Å². The molecule has 1 unspecified atom stereocenters. The third kappa shape index (κ3) is 5.89. The minimum absolute atomic E-state index is 0.0571. The summed E-state index contributed by atoms with van der Waals surface area (Å²) in [5.74, 6) is 2.66. The highest BCUT2D eigenvalue weighted by Crippen LogP contribution is 2.34. The fourth-order valence-electron chi connectivity index (χ4n) is 3.78. The van der Waals surface area contributed by atoms with Crippen molar-refractivity contribution < 1.29 is 14.2 Å². The molecular formula is C28H34O3. The Hall–Kier alpha value is -2.78. The number of para-hydroxylation sites is 1. The van der Waals surface area contributed by atoms with Gasteiger partial charge in [0.2, 0.25) is 0 Å². The first-order valence-electron chi connectivity index (χ1n) is 11.1. The Labute approximate surface area is 187 Å². The summed E-state index contributed by atoms with van der Waals surface area (Å²) in [5, 5.41) is 0. The van der Waals surface area contributed by atoms with Gasteiger partial charge in [0.15, 0.2) is 0 Å². The minimum Gasteiger partial charge on any atom is -0.493 e. The standard InChI is InChI=1S/C28H34O3/c1-6-28(5,24-16-21(3)27(30-7-2)22(4)17-24)20-29-19-23-12-11-15-26(18-23)31-25-13-9-8-10-14-25/h8-18H,6-7,19-20H2,1-5H3. The average molecular weight is 419 g/mol. The Balaban J connectivity index is 1.66. The maximum absolute atomic E-state index is 6.21. The molecule has 0 spiro atoms. The van der Waals surface area contributed by atoms with Crippen LogP contribution in [0.3, 0.4) is 0 Å². The fraction of sp³-hybridized carbons (Fsp3) is 0.357. The van der Waals surface area contributed by atoms with Crippen LogP contribution in [-0.4, -0.2) is 13.2 Å². The predicted molar refractivity (Wildman–Crippen MR) is 127 cm³/mol. The number of rotatable bonds is 10. The molecule has 0 N–H and O–H groups in total. The highest BCUT2D eigenvalue weighted by atomic mass is 16.5. The van der Waals surface area contributed by atoms with Gasteiger partial charge in [0.1, 0.15) is 17.2 Å². The van der Waals surface area contributed by atoms with E-state index in [1.807, 2.05) is 55.5 Å². The SMILES string of the molecule is CCOc1c(C)cc(C(C)(CC)COCc2cccc(Oc3ccccc3)c2)cc1C. The number of ether oxygens (including phenoxy) is 3. The maximum atomic E-state index is 6.21. The molecule has 0 fully saturated rings. The van der Waals surface area contributed by atoms with Crippen LogP contribution in [0.2, 0.25) is 0 Å². The summed E-state index contributed by atoms with van der Waals surface area (Å²) >= 11 is 0. The third-order valence-electron chi connectivity index (χ3n) is 5.79. The number of aryl methyl sites for hydroxylation is 2. The van der Waals surface area contributed by atoms with Gasteiger partial charge in [-0.05, 0) is 73.7 Å². The van der Waals surface area contributed by atoms with Crippen LogP contribution in [0.5, 0.6) is 17.2 Å². The molecule has 0 aliphatic rings. The average Bonchev–Trinajstić information content (AvgIpc) is 2.77. The molecular weight excluding hydrogens is 384 g/mol. The molecule has 0 aromatic heterocycles. The number of hydrogen-bond acceptors (Lipinski definition) is 3. The van der Waals surface area contributed by atoms with E-state index >= 15 is 0 Å². The molecule has 1 atom stereocenters. The lowest BCUT2D eigenvalue weighted by molar-refractivity contribution is 0.0746. The van der Waals surface area contributed by atoms with Crippen LogP contribution >= 0.6 is 0 Å². The summed E-state index contributed by atoms with van der Waals surface area (Å²) in [4.78, 5) is 0. The largest absolute Gasteiger partial charge is 0.493 e. The van der Waals surface area contributed by atoms with Gasteiger partial charge in [-0.3, -0.25) is 0 Å². The van der Waals surface area contributed by atoms with E-state index in [0.29, 0.717) is 19.8 Å². The van der Waals surface area contributed by atoms with Gasteiger partial charge in [0.25, 0.3) is 0 Å². The first kappa shape index (κ1) is 22.9. The number of benzene rings is 3. The molecule has 0 radical (unpaired) electrons. The predicted octanol–water partition coefficient (Wildman–Crippen LogP) is 7.38. The Morgan fingerprint density at radius 1 is 0.806 bits per heavy atom. The van der Waals surface area contributed by atoms with Crippen molar-refractivity contribution in [3.63, 3.8) is 0 Å². The van der Waals surface area contributed by atoms with Crippen LogP contribution in [-0.2, 0) is 16.8 Å². The summed E-state index contributed by atoms with van der Waals surface area (Å²) in [5.41, 5.74) is 4.71. The Morgan fingerprint density at radius 3 is 2.13 bits per heavy atom. The van der Waals surface area contributed by atoms with Gasteiger partial charge in [-0.25, -0.2) is 0 Å². The second-order valence-electron chi connectivity index (χ2n) is 8.34. The molecule has 0 bridgehead atoms. The lowest BCUT2D eigenvalue weighted by Gasteiger charge is -2.30. The summed E-state index contributed by atoms with van der Waals surface area (Å²) < 4.78 is 18.0. The number of hydrogen-bond donors (Lipinski definition) is 0. The summed E-state index contributed by atoms with van der Waals surface area (Å²) in [7, 11) is 0. The quantitative estimate of drug-likeness (QED) is 0.344. The zero-order valence-electron chi connectivity index (χ0n) is 19.4. The van der Waals surface area contributed by atoms with Gasteiger partial charge in [0.05, 0.1) is 19.8 Å². The molecule has 0 saturated heterocycles. The zero-order valence-corrected chi connectivity index (χ0v) is 19.4. The molecule has 3 aromatic carbocycles. The third-order valence-corrected chi connectivity index (χ3v) is 5.79. The Kier molecular flexibility index (Phi) is 7.75. The summed E-state index contributed by atoms with van der Waals surface area (Å²) in [6.07, 6.45) is 0.997. The molecule has 3 aromatic rings. The molecule has 3 nitrogen and oxygen atoms in total. The van der Waals surface area contributed by atoms with E-state index in [1.165, 1.54) is 16.7 Å². The molecule has 3 heteroatoms. The highest BCUT2D eigenvalue weighted by molar-refractivity contribution is 5.45. The van der Waals surface area contributed by atoms with Crippen molar-refractivity contribution in [3.8, 4) is 17.2 Å². The van der Waals surface area contributed by atoms with Gasteiger partial charge >= 0.3 is 0 Å². The Bertz CT molecular complexity index is 958. The first-order chi connectivity index (χ1) is 14.9. The lowest BCUT2D eigenvalue weighted by Crippen LogP contribution is -2.28. The van der Waals surface area contributed by atoms with Crippen molar-refractivity contribution in [2.45, 2.75) is 53.1 Å². The van der Waals surface area contributed by atoms with Crippen molar-refractivity contribution in [1.29, 1.82) is 0 Å². The van der Waals surface area contributed by atoms with Crippen molar-refractivity contribution in [2.24, 2.45) is 0 Å². The minimum atomic E-state index is -0.0571. The first-order valence-corrected chi connectivity index (χ1v) is 11.1. The van der Waals surface area contributed by atoms with Gasteiger partial charge in [-0.2, -0.15) is 0 Å². The molecule has 0 saturated carbocycles. The van der Waals surface area contributed by atoms with Crippen LogP contribution in [0.4, 0.5) is 0 Å². The topological polar surface area (TPSA) is 27.7 Å². The zero-order chi connectivity index (χ0) is 22.3. The second kappa shape index (κ2) is 10.5. The van der Waals surface area contributed by atoms with Crippen molar-refractivity contribution in [2.75, 3.05) is 13.2 Å². The van der Waals surface area contributed by atoms with E-state index < -0.39 is 0 Å².